The Morgan fingerprint density at radius 1 is 1.00 bits per heavy atom. The third-order valence-corrected chi connectivity index (χ3v) is 3.64. The topological polar surface area (TPSA) is 66.5 Å². The van der Waals surface area contributed by atoms with Crippen molar-refractivity contribution in [2.24, 2.45) is 0 Å². The lowest BCUT2D eigenvalue weighted by Crippen LogP contribution is -2.44. The van der Waals surface area contributed by atoms with Gasteiger partial charge in [-0.15, -0.1) is 0 Å². The molecule has 0 heterocycles. The molecule has 0 radical (unpaired) electrons. The highest BCUT2D eigenvalue weighted by atomic mass is 16.6. The number of carbonyl (C=O) groups is 1. The number of nitrogens with zero attached hydrogens (tertiary/aromatic N) is 1. The quantitative estimate of drug-likeness (QED) is 0.447. The Balaban J connectivity index is 2.87. The van der Waals surface area contributed by atoms with Gasteiger partial charge < -0.3 is 23.7 Å². The smallest absolute Gasteiger partial charge is 0.328 e. The van der Waals surface area contributed by atoms with E-state index in [9.17, 15) is 4.79 Å². The van der Waals surface area contributed by atoms with E-state index in [2.05, 4.69) is 0 Å². The Labute approximate surface area is 143 Å². The average Bonchev–Trinajstić information content (AvgIpc) is 2.61. The number of rotatable bonds is 11. The maximum Gasteiger partial charge on any atom is 0.328 e. The van der Waals surface area contributed by atoms with Gasteiger partial charge in [-0.25, -0.2) is 4.79 Å². The molecule has 0 bridgehead atoms. The molecule has 1 aromatic carbocycles. The molecule has 1 aromatic rings. The number of para-hydroxylation sites is 1. The zero-order valence-corrected chi connectivity index (χ0v) is 15.0. The van der Waals surface area contributed by atoms with Crippen molar-refractivity contribution in [3.05, 3.63) is 18.2 Å². The lowest BCUT2D eigenvalue weighted by Gasteiger charge is -2.27. The second-order valence-corrected chi connectivity index (χ2v) is 5.11. The van der Waals surface area contributed by atoms with Crippen LogP contribution in [0.2, 0.25) is 0 Å². The maximum absolute atomic E-state index is 12.6. The van der Waals surface area contributed by atoms with Crippen molar-refractivity contribution >= 4 is 5.97 Å². The van der Waals surface area contributed by atoms with Gasteiger partial charge in [-0.05, 0) is 19.1 Å². The molecule has 0 aromatic heterocycles. The molecule has 24 heavy (non-hydrogen) atoms. The molecule has 1 unspecified atom stereocenters. The first-order valence-electron chi connectivity index (χ1n) is 7.73. The van der Waals surface area contributed by atoms with Crippen LogP contribution >= 0.6 is 0 Å². The Hall–Kier alpha value is -1.83. The highest BCUT2D eigenvalue weighted by Crippen LogP contribution is 2.37. The van der Waals surface area contributed by atoms with E-state index < -0.39 is 12.0 Å². The average molecular weight is 341 g/mol. The van der Waals surface area contributed by atoms with Gasteiger partial charge in [0.25, 0.3) is 0 Å². The molecule has 0 fully saturated rings. The van der Waals surface area contributed by atoms with E-state index in [1.54, 1.807) is 39.3 Å². The molecule has 7 heteroatoms. The molecular formula is C17H27NO6. The molecule has 0 aliphatic heterocycles. The minimum atomic E-state index is -0.468. The Bertz CT molecular complexity index is 478. The van der Waals surface area contributed by atoms with E-state index in [1.807, 2.05) is 4.90 Å². The fraction of sp³-hybridized carbons (Fsp3) is 0.588. The molecule has 0 N–H and O–H groups in total. The predicted molar refractivity (Wildman–Crippen MR) is 90.0 cm³/mol. The lowest BCUT2D eigenvalue weighted by molar-refractivity contribution is -0.140. The number of benzene rings is 1. The van der Waals surface area contributed by atoms with Crippen LogP contribution in [0.25, 0.3) is 0 Å². The summed E-state index contributed by atoms with van der Waals surface area (Å²) in [5, 5.41) is 0. The van der Waals surface area contributed by atoms with Crippen LogP contribution in [0.3, 0.4) is 0 Å². The number of hydrogen-bond donors (Lipinski definition) is 0. The van der Waals surface area contributed by atoms with Crippen LogP contribution in [-0.2, 0) is 14.3 Å². The van der Waals surface area contributed by atoms with E-state index in [0.29, 0.717) is 37.8 Å². The normalized spacial score (nSPS) is 12.1. The zero-order valence-electron chi connectivity index (χ0n) is 15.0. The van der Waals surface area contributed by atoms with Crippen LogP contribution in [-0.4, -0.2) is 71.7 Å². The fourth-order valence-electron chi connectivity index (χ4n) is 2.17. The van der Waals surface area contributed by atoms with E-state index in [-0.39, 0.29) is 5.75 Å². The van der Waals surface area contributed by atoms with Crippen molar-refractivity contribution in [1.82, 2.24) is 4.90 Å². The summed E-state index contributed by atoms with van der Waals surface area (Å²) in [5.74, 6) is 0.758. The predicted octanol–water partition coefficient (Wildman–Crippen LogP) is 1.59. The Morgan fingerprint density at radius 3 is 1.92 bits per heavy atom. The van der Waals surface area contributed by atoms with Crippen LogP contribution < -0.4 is 14.2 Å². The number of methoxy groups -OCH3 is 4. The van der Waals surface area contributed by atoms with Gasteiger partial charge in [0.2, 0.25) is 5.75 Å². The van der Waals surface area contributed by atoms with Gasteiger partial charge >= 0.3 is 5.97 Å². The van der Waals surface area contributed by atoms with Crippen LogP contribution in [0, 0.1) is 0 Å². The highest BCUT2D eigenvalue weighted by Gasteiger charge is 2.25. The largest absolute Gasteiger partial charge is 0.493 e. The Kier molecular flexibility index (Phi) is 9.14. The van der Waals surface area contributed by atoms with E-state index in [1.165, 1.54) is 14.2 Å². The number of esters is 1. The molecule has 1 rings (SSSR count). The molecule has 0 amide bonds. The van der Waals surface area contributed by atoms with Gasteiger partial charge in [-0.2, -0.15) is 0 Å². The first-order valence-corrected chi connectivity index (χ1v) is 7.73. The summed E-state index contributed by atoms with van der Waals surface area (Å²) in [6, 6.07) is 4.72. The van der Waals surface area contributed by atoms with Gasteiger partial charge in [-0.3, -0.25) is 4.90 Å². The summed E-state index contributed by atoms with van der Waals surface area (Å²) >= 11 is 0. The van der Waals surface area contributed by atoms with Gasteiger partial charge in [0, 0.05) is 27.3 Å². The summed E-state index contributed by atoms with van der Waals surface area (Å²) in [6.45, 7) is 4.01. The summed E-state index contributed by atoms with van der Waals surface area (Å²) in [6.07, 6.45) is 0. The molecule has 0 saturated carbocycles. The second kappa shape index (κ2) is 10.9. The van der Waals surface area contributed by atoms with E-state index in [4.69, 9.17) is 23.7 Å². The molecular weight excluding hydrogens is 314 g/mol. The van der Waals surface area contributed by atoms with Crippen LogP contribution in [0.4, 0.5) is 0 Å². The molecule has 0 saturated heterocycles. The molecule has 0 spiro atoms. The van der Waals surface area contributed by atoms with Crippen LogP contribution in [0.15, 0.2) is 18.2 Å². The third kappa shape index (κ3) is 5.67. The fourth-order valence-corrected chi connectivity index (χ4v) is 2.17. The van der Waals surface area contributed by atoms with Crippen LogP contribution in [0.1, 0.15) is 6.92 Å². The monoisotopic (exact) mass is 341 g/mol. The molecule has 0 aliphatic carbocycles. The lowest BCUT2D eigenvalue weighted by atomic mass is 10.2. The van der Waals surface area contributed by atoms with Gasteiger partial charge in [0.15, 0.2) is 11.5 Å². The summed E-state index contributed by atoms with van der Waals surface area (Å²) in [7, 11) is 6.27. The highest BCUT2D eigenvalue weighted by molar-refractivity contribution is 5.79. The Morgan fingerprint density at radius 2 is 1.50 bits per heavy atom. The summed E-state index contributed by atoms with van der Waals surface area (Å²) in [4.78, 5) is 14.5. The maximum atomic E-state index is 12.6. The van der Waals surface area contributed by atoms with Crippen molar-refractivity contribution < 1.29 is 28.5 Å². The molecule has 136 valence electrons. The molecule has 1 atom stereocenters. The van der Waals surface area contributed by atoms with Crippen molar-refractivity contribution in [3.8, 4) is 17.2 Å². The van der Waals surface area contributed by atoms with Crippen LogP contribution in [0.5, 0.6) is 17.2 Å². The molecule has 7 nitrogen and oxygen atoms in total. The second-order valence-electron chi connectivity index (χ2n) is 5.11. The number of carbonyl (C=O) groups excluding carboxylic acids is 1. The minimum Gasteiger partial charge on any atom is -0.493 e. The number of hydrogen-bond acceptors (Lipinski definition) is 7. The van der Waals surface area contributed by atoms with Gasteiger partial charge in [0.05, 0.1) is 27.4 Å². The standard InChI is InChI=1S/C17H27NO6/c1-13(18(9-11-20-2)10-12-21-3)17(19)24-16-14(22-4)7-6-8-15(16)23-5/h6-8,13H,9-12H2,1-5H3. The van der Waals surface area contributed by atoms with Gasteiger partial charge in [-0.1, -0.05) is 6.07 Å². The van der Waals surface area contributed by atoms with Crippen molar-refractivity contribution in [1.29, 1.82) is 0 Å². The van der Waals surface area contributed by atoms with Gasteiger partial charge in [0.1, 0.15) is 6.04 Å². The SMILES string of the molecule is COCCN(CCOC)C(C)C(=O)Oc1c(OC)cccc1OC. The molecule has 0 aliphatic rings. The summed E-state index contributed by atoms with van der Waals surface area (Å²) in [5.41, 5.74) is 0. The van der Waals surface area contributed by atoms with Crippen molar-refractivity contribution in [2.45, 2.75) is 13.0 Å². The van der Waals surface area contributed by atoms with E-state index >= 15 is 0 Å². The minimum absolute atomic E-state index is 0.276. The first-order chi connectivity index (χ1) is 11.6. The van der Waals surface area contributed by atoms with Crippen molar-refractivity contribution in [3.63, 3.8) is 0 Å². The summed E-state index contributed by atoms with van der Waals surface area (Å²) < 4.78 is 26.2. The third-order valence-electron chi connectivity index (χ3n) is 3.64. The zero-order chi connectivity index (χ0) is 17.9. The first kappa shape index (κ1) is 20.2. The van der Waals surface area contributed by atoms with Crippen molar-refractivity contribution in [2.75, 3.05) is 54.7 Å². The number of ether oxygens (including phenoxy) is 5. The van der Waals surface area contributed by atoms with E-state index in [0.717, 1.165) is 0 Å².